The Hall–Kier alpha value is -4.33. The number of hydrogen-bond donors (Lipinski definition) is 1. The van der Waals surface area contributed by atoms with Gasteiger partial charge in [0.2, 0.25) is 0 Å². The zero-order chi connectivity index (χ0) is 25.1. The number of aliphatic hydroxyl groups is 1. The molecule has 4 rings (SSSR count). The van der Waals surface area contributed by atoms with Gasteiger partial charge in [-0.2, -0.15) is 0 Å². The number of benzene rings is 2. The molecule has 2 aromatic carbocycles. The van der Waals surface area contributed by atoms with Gasteiger partial charge in [0.05, 0.1) is 32.9 Å². The average molecular weight is 475 g/mol. The highest BCUT2D eigenvalue weighted by Gasteiger charge is 2.47. The highest BCUT2D eigenvalue weighted by Crippen LogP contribution is 2.44. The molecule has 180 valence electrons. The molecule has 1 atom stereocenters. The fourth-order valence-corrected chi connectivity index (χ4v) is 4.28. The first kappa shape index (κ1) is 23.8. The molecule has 0 spiro atoms. The number of carbonyl (C=O) groups is 2. The van der Waals surface area contributed by atoms with E-state index >= 15 is 0 Å². The molecule has 1 aliphatic heterocycles. The van der Waals surface area contributed by atoms with Gasteiger partial charge in [-0.15, -0.1) is 0 Å². The number of aryl methyl sites for hydroxylation is 1. The van der Waals surface area contributed by atoms with E-state index in [1.165, 1.54) is 19.1 Å². The molecule has 8 heteroatoms. The van der Waals surface area contributed by atoms with Gasteiger partial charge in [-0.3, -0.25) is 14.6 Å². The highest BCUT2D eigenvalue weighted by atomic mass is 16.5. The highest BCUT2D eigenvalue weighted by molar-refractivity contribution is 6.46. The summed E-state index contributed by atoms with van der Waals surface area (Å²) in [5, 5.41) is 11.4. The number of aliphatic hydroxyl groups excluding tert-OH is 1. The number of aromatic nitrogens is 1. The minimum atomic E-state index is -0.915. The van der Waals surface area contributed by atoms with Crippen molar-refractivity contribution >= 4 is 17.4 Å². The summed E-state index contributed by atoms with van der Waals surface area (Å²) in [6.45, 7) is 1.91. The number of nitrogens with zero attached hydrogens (tertiary/aromatic N) is 2. The Morgan fingerprint density at radius 3 is 2.34 bits per heavy atom. The molecule has 2 heterocycles. The number of ether oxygens (including phenoxy) is 3. The molecule has 0 bridgehead atoms. The number of hydrogen-bond acceptors (Lipinski definition) is 7. The van der Waals surface area contributed by atoms with Crippen LogP contribution in [-0.2, 0) is 16.1 Å². The van der Waals surface area contributed by atoms with E-state index in [1.54, 1.807) is 68.9 Å². The molecular weight excluding hydrogens is 448 g/mol. The number of Topliss-reactive ketones (excluding diaryl/α,β-unsaturated/α-hetero) is 1. The van der Waals surface area contributed by atoms with E-state index in [9.17, 15) is 14.7 Å². The summed E-state index contributed by atoms with van der Waals surface area (Å²) in [6.07, 6.45) is 3.26. The van der Waals surface area contributed by atoms with E-state index in [0.717, 1.165) is 5.56 Å². The number of likely N-dealkylation sites (tertiary alicyclic amines) is 1. The lowest BCUT2D eigenvalue weighted by Gasteiger charge is -2.27. The molecule has 8 nitrogen and oxygen atoms in total. The molecule has 1 fully saturated rings. The van der Waals surface area contributed by atoms with Crippen molar-refractivity contribution in [2.24, 2.45) is 0 Å². The molecule has 0 aliphatic carbocycles. The minimum absolute atomic E-state index is 0.0290. The second-order valence-electron chi connectivity index (χ2n) is 8.08. The maximum Gasteiger partial charge on any atom is 0.295 e. The predicted molar refractivity (Wildman–Crippen MR) is 129 cm³/mol. The van der Waals surface area contributed by atoms with Crippen LogP contribution >= 0.6 is 0 Å². The van der Waals surface area contributed by atoms with Crippen molar-refractivity contribution in [2.45, 2.75) is 19.5 Å². The fraction of sp³-hybridized carbons (Fsp3) is 0.222. The number of ketones is 1. The molecule has 0 unspecified atom stereocenters. The maximum absolute atomic E-state index is 13.4. The third kappa shape index (κ3) is 4.42. The minimum Gasteiger partial charge on any atom is -0.507 e. The maximum atomic E-state index is 13.4. The van der Waals surface area contributed by atoms with Crippen LogP contribution in [0.4, 0.5) is 0 Å². The first-order valence-electron chi connectivity index (χ1n) is 10.9. The third-order valence-electron chi connectivity index (χ3n) is 6.04. The molecule has 3 aromatic rings. The van der Waals surface area contributed by atoms with Gasteiger partial charge in [-0.1, -0.05) is 6.07 Å². The summed E-state index contributed by atoms with van der Waals surface area (Å²) in [5.41, 5.74) is 2.34. The van der Waals surface area contributed by atoms with E-state index in [1.807, 2.05) is 6.07 Å². The van der Waals surface area contributed by atoms with E-state index in [-0.39, 0.29) is 17.9 Å². The van der Waals surface area contributed by atoms with Crippen molar-refractivity contribution in [1.29, 1.82) is 0 Å². The SMILES string of the molecule is COc1ccc(/C(O)=C2\C(=O)C(=O)N(Cc3cccnc3)[C@@H]2c2cc(OC)ccc2OC)c(C)c1. The molecule has 0 saturated carbocycles. The molecule has 1 amide bonds. The quantitative estimate of drug-likeness (QED) is 0.314. The number of carbonyl (C=O) groups excluding carboxylic acids is 2. The second-order valence-corrected chi connectivity index (χ2v) is 8.08. The predicted octanol–water partition coefficient (Wildman–Crippen LogP) is 4.04. The van der Waals surface area contributed by atoms with Crippen molar-refractivity contribution in [3.8, 4) is 17.2 Å². The van der Waals surface area contributed by atoms with Crippen LogP contribution in [0.1, 0.15) is 28.3 Å². The van der Waals surface area contributed by atoms with Crippen molar-refractivity contribution in [3.05, 3.63) is 88.8 Å². The number of methoxy groups -OCH3 is 3. The molecule has 1 aromatic heterocycles. The Balaban J connectivity index is 1.95. The van der Waals surface area contributed by atoms with Crippen molar-refractivity contribution in [1.82, 2.24) is 9.88 Å². The van der Waals surface area contributed by atoms with Gasteiger partial charge in [0.25, 0.3) is 11.7 Å². The van der Waals surface area contributed by atoms with Crippen LogP contribution in [-0.4, -0.2) is 48.0 Å². The van der Waals surface area contributed by atoms with E-state index in [0.29, 0.717) is 33.9 Å². The fourth-order valence-electron chi connectivity index (χ4n) is 4.28. The van der Waals surface area contributed by atoms with Gasteiger partial charge in [0, 0.05) is 30.1 Å². The topological polar surface area (TPSA) is 98.2 Å². The Bertz CT molecular complexity index is 1300. The summed E-state index contributed by atoms with van der Waals surface area (Å²) in [5.74, 6) is -0.193. The van der Waals surface area contributed by atoms with E-state index in [2.05, 4.69) is 4.98 Å². The van der Waals surface area contributed by atoms with Gasteiger partial charge in [0.1, 0.15) is 23.0 Å². The third-order valence-corrected chi connectivity index (χ3v) is 6.04. The van der Waals surface area contributed by atoms with Crippen LogP contribution in [0.5, 0.6) is 17.2 Å². The monoisotopic (exact) mass is 474 g/mol. The molecule has 1 saturated heterocycles. The molecule has 0 radical (unpaired) electrons. The number of amides is 1. The summed E-state index contributed by atoms with van der Waals surface area (Å²) in [4.78, 5) is 32.2. The van der Waals surface area contributed by atoms with Crippen LogP contribution in [0.15, 0.2) is 66.5 Å². The zero-order valence-electron chi connectivity index (χ0n) is 19.9. The normalized spacial score (nSPS) is 16.9. The van der Waals surface area contributed by atoms with Gasteiger partial charge in [-0.25, -0.2) is 0 Å². The standard InChI is InChI=1S/C27H26N2O6/c1-16-12-18(33-2)7-9-20(16)25(30)23-24(21-13-19(34-3)8-10-22(21)35-4)29(27(32)26(23)31)15-17-6-5-11-28-14-17/h5-14,24,30H,15H2,1-4H3/b25-23+/t24-/m1/s1. The van der Waals surface area contributed by atoms with Crippen LogP contribution in [0.25, 0.3) is 5.76 Å². The lowest BCUT2D eigenvalue weighted by atomic mass is 9.93. The van der Waals surface area contributed by atoms with Crippen LogP contribution < -0.4 is 14.2 Å². The van der Waals surface area contributed by atoms with Gasteiger partial charge in [-0.05, 0) is 60.5 Å². The Labute approximate surface area is 203 Å². The Morgan fingerprint density at radius 1 is 1.00 bits per heavy atom. The van der Waals surface area contributed by atoms with Crippen LogP contribution in [0.2, 0.25) is 0 Å². The van der Waals surface area contributed by atoms with Crippen molar-refractivity contribution in [3.63, 3.8) is 0 Å². The number of pyridine rings is 1. The lowest BCUT2D eigenvalue weighted by Crippen LogP contribution is -2.29. The van der Waals surface area contributed by atoms with Crippen molar-refractivity contribution < 1.29 is 28.9 Å². The Morgan fingerprint density at radius 2 is 1.71 bits per heavy atom. The van der Waals surface area contributed by atoms with Gasteiger partial charge < -0.3 is 24.2 Å². The largest absolute Gasteiger partial charge is 0.507 e. The van der Waals surface area contributed by atoms with Crippen molar-refractivity contribution in [2.75, 3.05) is 21.3 Å². The first-order valence-corrected chi connectivity index (χ1v) is 10.9. The van der Waals surface area contributed by atoms with E-state index < -0.39 is 17.7 Å². The zero-order valence-corrected chi connectivity index (χ0v) is 19.9. The first-order chi connectivity index (χ1) is 16.9. The summed E-state index contributed by atoms with van der Waals surface area (Å²) < 4.78 is 16.2. The van der Waals surface area contributed by atoms with Crippen LogP contribution in [0.3, 0.4) is 0 Å². The summed E-state index contributed by atoms with van der Waals surface area (Å²) in [7, 11) is 4.58. The van der Waals surface area contributed by atoms with Gasteiger partial charge in [0.15, 0.2) is 0 Å². The Kier molecular flexibility index (Phi) is 6.73. The molecular formula is C27H26N2O6. The lowest BCUT2D eigenvalue weighted by molar-refractivity contribution is -0.140. The van der Waals surface area contributed by atoms with Crippen LogP contribution in [0, 0.1) is 6.92 Å². The summed E-state index contributed by atoms with van der Waals surface area (Å²) in [6, 6.07) is 12.9. The molecule has 35 heavy (non-hydrogen) atoms. The van der Waals surface area contributed by atoms with E-state index in [4.69, 9.17) is 14.2 Å². The number of rotatable bonds is 7. The van der Waals surface area contributed by atoms with Gasteiger partial charge >= 0.3 is 0 Å². The molecule has 1 N–H and O–H groups in total. The summed E-state index contributed by atoms with van der Waals surface area (Å²) >= 11 is 0. The second kappa shape index (κ2) is 9.89. The average Bonchev–Trinajstić information content (AvgIpc) is 3.13. The molecule has 1 aliphatic rings. The smallest absolute Gasteiger partial charge is 0.295 e.